The van der Waals surface area contributed by atoms with Gasteiger partial charge in [0, 0.05) is 17.7 Å². The number of hydrogen-bond acceptors (Lipinski definition) is 4. The third kappa shape index (κ3) is 2.82. The van der Waals surface area contributed by atoms with Crippen molar-refractivity contribution in [3.8, 4) is 5.75 Å². The van der Waals surface area contributed by atoms with E-state index >= 15 is 0 Å². The molecule has 1 rings (SSSR count). The number of Topliss-reactive ketones (excluding diaryl/α,β-unsaturated/α-hetero) is 1. The zero-order valence-corrected chi connectivity index (χ0v) is 10.0. The highest BCUT2D eigenvalue weighted by atomic mass is 16.4. The lowest BCUT2D eigenvalue weighted by Crippen LogP contribution is -2.17. The molecule has 0 spiro atoms. The molecule has 0 bridgehead atoms. The number of aromatic hydroxyl groups is 1. The van der Waals surface area contributed by atoms with E-state index in [0.717, 1.165) is 0 Å². The quantitative estimate of drug-likeness (QED) is 0.604. The minimum absolute atomic E-state index is 0.0677. The number of benzene rings is 1. The molecule has 1 aromatic rings. The molecule has 0 atom stereocenters. The Balaban J connectivity index is 3.28. The van der Waals surface area contributed by atoms with Crippen molar-refractivity contribution in [2.75, 3.05) is 14.1 Å². The molecule has 0 saturated carbocycles. The number of carboxylic acid groups (broad SMARTS) is 1. The van der Waals surface area contributed by atoms with E-state index in [1.807, 2.05) is 19.0 Å². The Kier molecular flexibility index (Phi) is 3.85. The van der Waals surface area contributed by atoms with Crippen molar-refractivity contribution in [1.82, 2.24) is 4.90 Å². The molecule has 0 aromatic heterocycles. The second-order valence-electron chi connectivity index (χ2n) is 4.11. The first kappa shape index (κ1) is 13.2. The highest BCUT2D eigenvalue weighted by molar-refractivity contribution is 6.40. The molecule has 0 fully saturated rings. The summed E-state index contributed by atoms with van der Waals surface area (Å²) in [4.78, 5) is 23.9. The van der Waals surface area contributed by atoms with Gasteiger partial charge in [0.05, 0.1) is 0 Å². The number of carboxylic acids is 1. The van der Waals surface area contributed by atoms with E-state index in [1.165, 1.54) is 12.1 Å². The molecule has 2 N–H and O–H groups in total. The van der Waals surface area contributed by atoms with Crippen LogP contribution in [0.15, 0.2) is 12.1 Å². The van der Waals surface area contributed by atoms with Crippen molar-refractivity contribution in [2.24, 2.45) is 0 Å². The van der Waals surface area contributed by atoms with Gasteiger partial charge in [-0.05, 0) is 38.7 Å². The fraction of sp³-hybridized carbons (Fsp3) is 0.333. The molecular formula is C12H15NO4. The molecule has 0 aliphatic heterocycles. The molecule has 0 heterocycles. The summed E-state index contributed by atoms with van der Waals surface area (Å²) in [6.45, 7) is 2.08. The molecule has 17 heavy (non-hydrogen) atoms. The number of phenolic OH excluding ortho intramolecular Hbond substituents is 1. The lowest BCUT2D eigenvalue weighted by atomic mass is 9.98. The van der Waals surface area contributed by atoms with Gasteiger partial charge in [-0.25, -0.2) is 4.79 Å². The molecule has 0 aliphatic rings. The first-order valence-corrected chi connectivity index (χ1v) is 5.08. The van der Waals surface area contributed by atoms with Crippen molar-refractivity contribution in [3.63, 3.8) is 0 Å². The first-order chi connectivity index (χ1) is 7.84. The summed E-state index contributed by atoms with van der Waals surface area (Å²) in [7, 11) is 3.65. The SMILES string of the molecule is Cc1c(C(=O)C(=O)O)ccc(O)c1CN(C)C. The van der Waals surface area contributed by atoms with Crippen LogP contribution in [0.25, 0.3) is 0 Å². The van der Waals surface area contributed by atoms with Crippen LogP contribution in [0.5, 0.6) is 5.75 Å². The molecule has 0 saturated heterocycles. The van der Waals surface area contributed by atoms with E-state index in [0.29, 0.717) is 17.7 Å². The molecule has 1 aromatic carbocycles. The van der Waals surface area contributed by atoms with Crippen molar-refractivity contribution in [3.05, 3.63) is 28.8 Å². The Labute approximate surface area is 99.3 Å². The monoisotopic (exact) mass is 237 g/mol. The van der Waals surface area contributed by atoms with Crippen molar-refractivity contribution in [1.29, 1.82) is 0 Å². The van der Waals surface area contributed by atoms with Crippen LogP contribution in [-0.2, 0) is 11.3 Å². The summed E-state index contributed by atoms with van der Waals surface area (Å²) in [5.74, 6) is -2.38. The predicted molar refractivity (Wildman–Crippen MR) is 62.2 cm³/mol. The van der Waals surface area contributed by atoms with Crippen LogP contribution >= 0.6 is 0 Å². The van der Waals surface area contributed by atoms with Gasteiger partial charge in [-0.3, -0.25) is 4.79 Å². The lowest BCUT2D eigenvalue weighted by Gasteiger charge is -2.15. The van der Waals surface area contributed by atoms with Gasteiger partial charge in [-0.2, -0.15) is 0 Å². The number of rotatable bonds is 4. The van der Waals surface area contributed by atoms with Crippen LogP contribution < -0.4 is 0 Å². The van der Waals surface area contributed by atoms with E-state index in [4.69, 9.17) is 5.11 Å². The Morgan fingerprint density at radius 1 is 1.29 bits per heavy atom. The summed E-state index contributed by atoms with van der Waals surface area (Å²) in [6.07, 6.45) is 0. The summed E-state index contributed by atoms with van der Waals surface area (Å²) >= 11 is 0. The van der Waals surface area contributed by atoms with Crippen LogP contribution in [0.1, 0.15) is 21.5 Å². The van der Waals surface area contributed by atoms with Crippen molar-refractivity contribution in [2.45, 2.75) is 13.5 Å². The second-order valence-corrected chi connectivity index (χ2v) is 4.11. The number of aliphatic carboxylic acids is 1. The highest BCUT2D eigenvalue weighted by Crippen LogP contribution is 2.25. The molecule has 5 heteroatoms. The van der Waals surface area contributed by atoms with Gasteiger partial charge in [-0.1, -0.05) is 0 Å². The predicted octanol–water partition coefficient (Wildman–Crippen LogP) is 1.03. The number of hydrogen-bond donors (Lipinski definition) is 2. The van der Waals surface area contributed by atoms with E-state index in [2.05, 4.69) is 0 Å². The largest absolute Gasteiger partial charge is 0.508 e. The van der Waals surface area contributed by atoms with Crippen LogP contribution in [0, 0.1) is 6.92 Å². The average Bonchev–Trinajstić information content (AvgIpc) is 2.23. The Morgan fingerprint density at radius 2 is 1.88 bits per heavy atom. The van der Waals surface area contributed by atoms with Gasteiger partial charge in [-0.15, -0.1) is 0 Å². The van der Waals surface area contributed by atoms with Crippen molar-refractivity contribution < 1.29 is 19.8 Å². The van der Waals surface area contributed by atoms with Gasteiger partial charge >= 0.3 is 5.97 Å². The maximum Gasteiger partial charge on any atom is 0.377 e. The number of nitrogens with zero attached hydrogens (tertiary/aromatic N) is 1. The summed E-state index contributed by atoms with van der Waals surface area (Å²) < 4.78 is 0. The number of carbonyl (C=O) groups excluding carboxylic acids is 1. The number of phenols is 1. The fourth-order valence-electron chi connectivity index (χ4n) is 1.62. The summed E-state index contributed by atoms with van der Waals surface area (Å²) in [6, 6.07) is 2.68. The summed E-state index contributed by atoms with van der Waals surface area (Å²) in [5.41, 5.74) is 1.19. The molecule has 0 aliphatic carbocycles. The zero-order valence-electron chi connectivity index (χ0n) is 10.0. The van der Waals surface area contributed by atoms with Crippen LogP contribution in [-0.4, -0.2) is 41.0 Å². The van der Waals surface area contributed by atoms with Gasteiger partial charge in [0.2, 0.25) is 0 Å². The third-order valence-electron chi connectivity index (χ3n) is 2.49. The maximum atomic E-state index is 11.4. The molecule has 0 unspecified atom stereocenters. The van der Waals surface area contributed by atoms with Crippen molar-refractivity contribution >= 4 is 11.8 Å². The minimum Gasteiger partial charge on any atom is -0.508 e. The van der Waals surface area contributed by atoms with Gasteiger partial charge in [0.15, 0.2) is 0 Å². The highest BCUT2D eigenvalue weighted by Gasteiger charge is 2.20. The van der Waals surface area contributed by atoms with Gasteiger partial charge in [0.1, 0.15) is 5.75 Å². The Hall–Kier alpha value is -1.88. The second kappa shape index (κ2) is 4.97. The first-order valence-electron chi connectivity index (χ1n) is 5.08. The number of carbonyl (C=O) groups is 2. The topological polar surface area (TPSA) is 77.8 Å². The van der Waals surface area contributed by atoms with E-state index in [9.17, 15) is 14.7 Å². The molecule has 0 amide bonds. The molecule has 92 valence electrons. The van der Waals surface area contributed by atoms with Gasteiger partial charge < -0.3 is 15.1 Å². The molecule has 5 nitrogen and oxygen atoms in total. The third-order valence-corrected chi connectivity index (χ3v) is 2.49. The molecular weight excluding hydrogens is 222 g/mol. The van der Waals surface area contributed by atoms with E-state index in [1.54, 1.807) is 6.92 Å². The average molecular weight is 237 g/mol. The number of ketones is 1. The van der Waals surface area contributed by atoms with E-state index in [-0.39, 0.29) is 11.3 Å². The normalized spacial score (nSPS) is 10.6. The Bertz CT molecular complexity index is 466. The standard InChI is InChI=1S/C12H15NO4/c1-7-8(11(15)12(16)17)4-5-10(14)9(7)6-13(2)3/h4-5,14H,6H2,1-3H3,(H,16,17). The maximum absolute atomic E-state index is 11.4. The van der Waals surface area contributed by atoms with Crippen LogP contribution in [0.2, 0.25) is 0 Å². The fourth-order valence-corrected chi connectivity index (χ4v) is 1.62. The summed E-state index contributed by atoms with van der Waals surface area (Å²) in [5, 5.41) is 18.4. The Morgan fingerprint density at radius 3 is 2.35 bits per heavy atom. The van der Waals surface area contributed by atoms with Gasteiger partial charge in [0.25, 0.3) is 5.78 Å². The van der Waals surface area contributed by atoms with Crippen LogP contribution in [0.3, 0.4) is 0 Å². The zero-order chi connectivity index (χ0) is 13.2. The minimum atomic E-state index is -1.49. The smallest absolute Gasteiger partial charge is 0.377 e. The molecule has 0 radical (unpaired) electrons. The lowest BCUT2D eigenvalue weighted by molar-refractivity contribution is -0.131. The van der Waals surface area contributed by atoms with Crippen LogP contribution in [0.4, 0.5) is 0 Å². The van der Waals surface area contributed by atoms with E-state index < -0.39 is 11.8 Å².